The van der Waals surface area contributed by atoms with Crippen LogP contribution in [0, 0.1) is 22.0 Å². The number of nitrogens with zero attached hydrogens (tertiary/aromatic N) is 2. The molecule has 2 N–H and O–H groups in total. The van der Waals surface area contributed by atoms with Crippen LogP contribution in [0.4, 0.5) is 11.4 Å². The van der Waals surface area contributed by atoms with Gasteiger partial charge in [-0.05, 0) is 30.4 Å². The summed E-state index contributed by atoms with van der Waals surface area (Å²) in [7, 11) is 0. The zero-order valence-corrected chi connectivity index (χ0v) is 16.3. The van der Waals surface area contributed by atoms with Gasteiger partial charge >= 0.3 is 0 Å². The number of non-ortho nitro benzene ring substituents is 1. The molecular formula is C20H31N4O3+. The van der Waals surface area contributed by atoms with Crippen molar-refractivity contribution in [1.29, 1.82) is 0 Å². The third kappa shape index (κ3) is 4.97. The summed E-state index contributed by atoms with van der Waals surface area (Å²) in [5.41, 5.74) is 1.13. The van der Waals surface area contributed by atoms with E-state index in [1.165, 1.54) is 17.7 Å². The molecule has 7 heteroatoms. The summed E-state index contributed by atoms with van der Waals surface area (Å²) in [6.07, 6.45) is 3.57. The number of carbonyl (C=O) groups is 1. The summed E-state index contributed by atoms with van der Waals surface area (Å²) in [5, 5.41) is 14.0. The first-order valence-corrected chi connectivity index (χ1v) is 10.1. The Balaban J connectivity index is 1.45. The maximum atomic E-state index is 12.5. The molecule has 148 valence electrons. The topological polar surface area (TPSA) is 79.9 Å². The van der Waals surface area contributed by atoms with Gasteiger partial charge in [0.15, 0.2) is 6.54 Å². The maximum absolute atomic E-state index is 12.5. The highest BCUT2D eigenvalue weighted by Crippen LogP contribution is 2.29. The van der Waals surface area contributed by atoms with Crippen LogP contribution in [-0.2, 0) is 4.79 Å². The molecule has 0 bridgehead atoms. The molecule has 2 aliphatic rings. The van der Waals surface area contributed by atoms with Crippen molar-refractivity contribution in [2.24, 2.45) is 11.8 Å². The number of nitro groups is 1. The van der Waals surface area contributed by atoms with Crippen LogP contribution in [0.15, 0.2) is 24.3 Å². The number of benzene rings is 1. The molecule has 1 heterocycles. The van der Waals surface area contributed by atoms with Gasteiger partial charge in [0, 0.05) is 23.9 Å². The van der Waals surface area contributed by atoms with Crippen molar-refractivity contribution in [2.75, 3.05) is 37.6 Å². The quantitative estimate of drug-likeness (QED) is 0.599. The first-order chi connectivity index (χ1) is 12.9. The van der Waals surface area contributed by atoms with E-state index in [0.29, 0.717) is 24.4 Å². The van der Waals surface area contributed by atoms with E-state index in [-0.39, 0.29) is 16.5 Å². The lowest BCUT2D eigenvalue weighted by Crippen LogP contribution is -3.16. The Bertz CT molecular complexity index is 656. The van der Waals surface area contributed by atoms with Crippen molar-refractivity contribution < 1.29 is 14.6 Å². The predicted octanol–water partition coefficient (Wildman–Crippen LogP) is 1.24. The number of nitro benzene ring substituents is 1. The van der Waals surface area contributed by atoms with Gasteiger partial charge in [-0.25, -0.2) is 0 Å². The van der Waals surface area contributed by atoms with E-state index in [4.69, 9.17) is 0 Å². The third-order valence-electron chi connectivity index (χ3n) is 6.36. The first kappa shape index (κ1) is 19.6. The second-order valence-corrected chi connectivity index (χ2v) is 8.13. The molecular weight excluding hydrogens is 344 g/mol. The predicted molar refractivity (Wildman–Crippen MR) is 105 cm³/mol. The standard InChI is InChI=1S/C20H30N4O3/c1-15-4-3-5-19(16(15)2)21-20(25)14-22-10-12-23(13-11-22)17-6-8-18(9-7-17)24(26)27/h6-9,15-16,19H,3-5,10-14H2,1-2H3,(H,21,25)/p+1/t15-,16-,19-/m1/s1. The molecule has 1 saturated carbocycles. The van der Waals surface area contributed by atoms with Crippen molar-refractivity contribution in [3.05, 3.63) is 34.4 Å². The highest BCUT2D eigenvalue weighted by atomic mass is 16.6. The summed E-state index contributed by atoms with van der Waals surface area (Å²) in [6.45, 7) is 8.60. The van der Waals surface area contributed by atoms with Crippen molar-refractivity contribution in [2.45, 2.75) is 39.2 Å². The summed E-state index contributed by atoms with van der Waals surface area (Å²) < 4.78 is 0. The lowest BCUT2D eigenvalue weighted by atomic mass is 9.78. The van der Waals surface area contributed by atoms with Gasteiger partial charge in [-0.2, -0.15) is 0 Å². The largest absolute Gasteiger partial charge is 0.360 e. The zero-order chi connectivity index (χ0) is 19.4. The van der Waals surface area contributed by atoms with Gasteiger partial charge in [0.1, 0.15) is 0 Å². The van der Waals surface area contributed by atoms with Crippen molar-refractivity contribution in [3.8, 4) is 0 Å². The number of anilines is 1. The molecule has 3 atom stereocenters. The van der Waals surface area contributed by atoms with Gasteiger partial charge in [0.05, 0.1) is 31.1 Å². The van der Waals surface area contributed by atoms with Crippen LogP contribution in [-0.4, -0.2) is 49.6 Å². The molecule has 1 aliphatic carbocycles. The number of rotatable bonds is 5. The maximum Gasteiger partial charge on any atom is 0.275 e. The molecule has 0 unspecified atom stereocenters. The Morgan fingerprint density at radius 2 is 1.89 bits per heavy atom. The summed E-state index contributed by atoms with van der Waals surface area (Å²) in [6, 6.07) is 7.04. The highest BCUT2D eigenvalue weighted by molar-refractivity contribution is 5.77. The average Bonchev–Trinajstić information content (AvgIpc) is 2.66. The van der Waals surface area contributed by atoms with Crippen molar-refractivity contribution in [3.63, 3.8) is 0 Å². The van der Waals surface area contributed by atoms with E-state index >= 15 is 0 Å². The minimum Gasteiger partial charge on any atom is -0.360 e. The van der Waals surface area contributed by atoms with Gasteiger partial charge in [-0.15, -0.1) is 0 Å². The Hall–Kier alpha value is -2.15. The molecule has 0 aromatic heterocycles. The lowest BCUT2D eigenvalue weighted by Gasteiger charge is -2.36. The van der Waals surface area contributed by atoms with Gasteiger partial charge in [-0.1, -0.05) is 26.7 Å². The van der Waals surface area contributed by atoms with Crippen LogP contribution >= 0.6 is 0 Å². The number of amides is 1. The molecule has 0 radical (unpaired) electrons. The lowest BCUT2D eigenvalue weighted by molar-refractivity contribution is -0.892. The SMILES string of the molecule is C[C@@H]1[C@H](C)CCC[C@H]1NC(=O)C[NH+]1CCN(c2ccc([N+](=O)[O-])cc2)CC1. The van der Waals surface area contributed by atoms with Crippen LogP contribution in [0.1, 0.15) is 33.1 Å². The van der Waals surface area contributed by atoms with E-state index < -0.39 is 0 Å². The van der Waals surface area contributed by atoms with Gasteiger partial charge in [0.2, 0.25) is 0 Å². The monoisotopic (exact) mass is 375 g/mol. The average molecular weight is 375 g/mol. The minimum atomic E-state index is -0.377. The summed E-state index contributed by atoms with van der Waals surface area (Å²) >= 11 is 0. The van der Waals surface area contributed by atoms with E-state index in [0.717, 1.165) is 38.3 Å². The van der Waals surface area contributed by atoms with Crippen molar-refractivity contribution in [1.82, 2.24) is 5.32 Å². The number of carbonyl (C=O) groups excluding carboxylic acids is 1. The minimum absolute atomic E-state index is 0.117. The Morgan fingerprint density at radius 1 is 1.22 bits per heavy atom. The van der Waals surface area contributed by atoms with E-state index in [2.05, 4.69) is 24.1 Å². The smallest absolute Gasteiger partial charge is 0.275 e. The molecule has 0 spiro atoms. The fourth-order valence-electron chi connectivity index (χ4n) is 4.31. The molecule has 2 fully saturated rings. The summed E-state index contributed by atoms with van der Waals surface area (Å²) in [4.78, 5) is 26.4. The molecule has 1 amide bonds. The Labute approximate surface area is 160 Å². The molecule has 1 aliphatic heterocycles. The Morgan fingerprint density at radius 3 is 2.52 bits per heavy atom. The Kier molecular flexibility index (Phi) is 6.31. The van der Waals surface area contributed by atoms with Crippen LogP contribution in [0.2, 0.25) is 0 Å². The number of piperazine rings is 1. The zero-order valence-electron chi connectivity index (χ0n) is 16.3. The van der Waals surface area contributed by atoms with E-state index in [1.807, 2.05) is 12.1 Å². The fraction of sp³-hybridized carbons (Fsp3) is 0.650. The van der Waals surface area contributed by atoms with Gasteiger partial charge < -0.3 is 15.1 Å². The van der Waals surface area contributed by atoms with Crippen LogP contribution in [0.3, 0.4) is 0 Å². The second kappa shape index (κ2) is 8.69. The molecule has 1 aromatic rings. The second-order valence-electron chi connectivity index (χ2n) is 8.13. The molecule has 1 aromatic carbocycles. The van der Waals surface area contributed by atoms with Crippen molar-refractivity contribution >= 4 is 17.3 Å². The highest BCUT2D eigenvalue weighted by Gasteiger charge is 2.29. The first-order valence-electron chi connectivity index (χ1n) is 10.1. The number of nitrogens with one attached hydrogen (secondary N) is 2. The van der Waals surface area contributed by atoms with Crippen LogP contribution in [0.25, 0.3) is 0 Å². The molecule has 3 rings (SSSR count). The molecule has 27 heavy (non-hydrogen) atoms. The van der Waals surface area contributed by atoms with E-state index in [9.17, 15) is 14.9 Å². The summed E-state index contributed by atoms with van der Waals surface area (Å²) in [5.74, 6) is 1.40. The third-order valence-corrected chi connectivity index (χ3v) is 6.36. The van der Waals surface area contributed by atoms with Crippen LogP contribution < -0.4 is 15.1 Å². The number of quaternary nitrogens is 1. The molecule has 1 saturated heterocycles. The van der Waals surface area contributed by atoms with Gasteiger partial charge in [-0.3, -0.25) is 14.9 Å². The van der Waals surface area contributed by atoms with Gasteiger partial charge in [0.25, 0.3) is 11.6 Å². The molecule has 7 nitrogen and oxygen atoms in total. The number of hydrogen-bond donors (Lipinski definition) is 2. The normalized spacial score (nSPS) is 26.6. The number of hydrogen-bond acceptors (Lipinski definition) is 4. The van der Waals surface area contributed by atoms with Crippen LogP contribution in [0.5, 0.6) is 0 Å². The van der Waals surface area contributed by atoms with E-state index in [1.54, 1.807) is 12.1 Å². The fourth-order valence-corrected chi connectivity index (χ4v) is 4.31.